The van der Waals surface area contributed by atoms with E-state index in [0.717, 1.165) is 45.4 Å². The molecule has 0 aromatic heterocycles. The van der Waals surface area contributed by atoms with Crippen LogP contribution in [0.5, 0.6) is 0 Å². The van der Waals surface area contributed by atoms with Crippen LogP contribution in [0, 0.1) is 5.41 Å². The van der Waals surface area contributed by atoms with Gasteiger partial charge in [-0.3, -0.25) is 14.6 Å². The van der Waals surface area contributed by atoms with Gasteiger partial charge in [0, 0.05) is 32.7 Å². The third-order valence-corrected chi connectivity index (χ3v) is 4.44. The van der Waals surface area contributed by atoms with Gasteiger partial charge in [0.05, 0.1) is 12.1 Å². The highest BCUT2D eigenvalue weighted by atomic mass is 16.3. The fourth-order valence-electron chi connectivity index (χ4n) is 2.68. The molecule has 1 heterocycles. The Bertz CT molecular complexity index is 320. The maximum Gasteiger partial charge on any atom is 0.234 e. The number of β-amino-alcohol motifs (C(OH)–C–C–N with tert-alkyl or cyclic N) is 1. The summed E-state index contributed by atoms with van der Waals surface area (Å²) in [6.07, 6.45) is 2.66. The third kappa shape index (κ3) is 5.93. The van der Waals surface area contributed by atoms with Crippen molar-refractivity contribution in [1.82, 2.24) is 9.80 Å². The molecule has 2 unspecified atom stereocenters. The molecule has 21 heavy (non-hydrogen) atoms. The van der Waals surface area contributed by atoms with Crippen LogP contribution in [0.4, 0.5) is 0 Å². The fraction of sp³-hybridized carbons (Fsp3) is 0.938. The first-order valence-corrected chi connectivity index (χ1v) is 8.19. The number of amides is 1. The van der Waals surface area contributed by atoms with Crippen LogP contribution in [0.25, 0.3) is 0 Å². The highest BCUT2D eigenvalue weighted by Gasteiger charge is 2.29. The minimum atomic E-state index is -0.323. The molecule has 0 aliphatic carbocycles. The van der Waals surface area contributed by atoms with Gasteiger partial charge in [0.25, 0.3) is 0 Å². The summed E-state index contributed by atoms with van der Waals surface area (Å²) in [5.41, 5.74) is 5.46. The van der Waals surface area contributed by atoms with Crippen molar-refractivity contribution in [3.05, 3.63) is 0 Å². The number of carbonyl (C=O) groups is 1. The second-order valence-corrected chi connectivity index (χ2v) is 7.28. The van der Waals surface area contributed by atoms with Gasteiger partial charge in [0.1, 0.15) is 0 Å². The molecule has 1 aliphatic heterocycles. The number of primary amides is 1. The zero-order valence-corrected chi connectivity index (χ0v) is 14.1. The number of carbonyl (C=O) groups excluding carboxylic acids is 1. The van der Waals surface area contributed by atoms with Crippen LogP contribution >= 0.6 is 0 Å². The second-order valence-electron chi connectivity index (χ2n) is 7.28. The Balaban J connectivity index is 2.45. The van der Waals surface area contributed by atoms with Gasteiger partial charge >= 0.3 is 0 Å². The first-order valence-electron chi connectivity index (χ1n) is 8.19. The zero-order valence-electron chi connectivity index (χ0n) is 14.1. The Kier molecular flexibility index (Phi) is 7.10. The first-order chi connectivity index (χ1) is 9.75. The predicted octanol–water partition coefficient (Wildman–Crippen LogP) is 1.06. The molecule has 0 aromatic carbocycles. The topological polar surface area (TPSA) is 69.8 Å². The molecule has 1 amide bonds. The number of rotatable bonds is 7. The van der Waals surface area contributed by atoms with Crippen molar-refractivity contribution in [3.63, 3.8) is 0 Å². The third-order valence-electron chi connectivity index (χ3n) is 4.44. The number of hydrogen-bond donors (Lipinski definition) is 2. The van der Waals surface area contributed by atoms with Crippen molar-refractivity contribution >= 4 is 5.91 Å². The summed E-state index contributed by atoms with van der Waals surface area (Å²) in [5, 5.41) is 10.2. The van der Waals surface area contributed by atoms with Gasteiger partial charge in [-0.25, -0.2) is 0 Å². The van der Waals surface area contributed by atoms with Crippen LogP contribution in [0.2, 0.25) is 0 Å². The summed E-state index contributed by atoms with van der Waals surface area (Å²) in [4.78, 5) is 16.1. The number of unbranched alkanes of at least 4 members (excludes halogenated alkanes) is 1. The van der Waals surface area contributed by atoms with Gasteiger partial charge in [0.2, 0.25) is 5.91 Å². The summed E-state index contributed by atoms with van der Waals surface area (Å²) in [7, 11) is 0. The van der Waals surface area contributed by atoms with Crippen LogP contribution in [0.1, 0.15) is 47.0 Å². The summed E-state index contributed by atoms with van der Waals surface area (Å²) >= 11 is 0. The molecule has 1 rings (SSSR count). The molecule has 2 atom stereocenters. The van der Waals surface area contributed by atoms with Gasteiger partial charge in [-0.05, 0) is 11.8 Å². The van der Waals surface area contributed by atoms with Gasteiger partial charge < -0.3 is 10.8 Å². The summed E-state index contributed by atoms with van der Waals surface area (Å²) in [5.74, 6) is -0.202. The Morgan fingerprint density at radius 1 is 1.24 bits per heavy atom. The molecule has 0 aromatic rings. The molecule has 124 valence electrons. The van der Waals surface area contributed by atoms with Crippen LogP contribution in [-0.2, 0) is 4.79 Å². The molecule has 1 aliphatic rings. The van der Waals surface area contributed by atoms with Crippen molar-refractivity contribution in [2.45, 2.75) is 59.1 Å². The van der Waals surface area contributed by atoms with Crippen molar-refractivity contribution in [2.24, 2.45) is 11.1 Å². The van der Waals surface area contributed by atoms with E-state index in [1.54, 1.807) is 0 Å². The van der Waals surface area contributed by atoms with Gasteiger partial charge in [-0.2, -0.15) is 0 Å². The zero-order chi connectivity index (χ0) is 16.0. The smallest absolute Gasteiger partial charge is 0.234 e. The summed E-state index contributed by atoms with van der Waals surface area (Å²) in [6.45, 7) is 12.5. The summed E-state index contributed by atoms with van der Waals surface area (Å²) < 4.78 is 0. The number of aliphatic hydroxyl groups is 1. The molecule has 1 fully saturated rings. The van der Waals surface area contributed by atoms with Crippen LogP contribution in [0.3, 0.4) is 0 Å². The molecule has 5 nitrogen and oxygen atoms in total. The van der Waals surface area contributed by atoms with Gasteiger partial charge in [-0.15, -0.1) is 0 Å². The number of aliphatic hydroxyl groups excluding tert-OH is 1. The highest BCUT2D eigenvalue weighted by Crippen LogP contribution is 2.21. The molecular weight excluding hydrogens is 266 g/mol. The Hall–Kier alpha value is -0.650. The normalized spacial score (nSPS) is 21.2. The van der Waals surface area contributed by atoms with Crippen LogP contribution in [0.15, 0.2) is 0 Å². The average Bonchev–Trinajstić information content (AvgIpc) is 2.39. The number of hydrogen-bond acceptors (Lipinski definition) is 4. The van der Waals surface area contributed by atoms with E-state index in [2.05, 4.69) is 37.5 Å². The number of nitrogens with zero attached hydrogens (tertiary/aromatic N) is 2. The maximum absolute atomic E-state index is 11.6. The Labute approximate surface area is 129 Å². The van der Waals surface area contributed by atoms with E-state index < -0.39 is 0 Å². The fourth-order valence-corrected chi connectivity index (χ4v) is 2.68. The molecule has 0 radical (unpaired) electrons. The van der Waals surface area contributed by atoms with E-state index in [-0.39, 0.29) is 23.5 Å². The minimum absolute atomic E-state index is 0.0893. The van der Waals surface area contributed by atoms with Crippen molar-refractivity contribution in [2.75, 3.05) is 32.7 Å². The molecule has 1 saturated heterocycles. The molecule has 5 heteroatoms. The van der Waals surface area contributed by atoms with Gasteiger partial charge in [-0.1, -0.05) is 40.5 Å². The van der Waals surface area contributed by atoms with E-state index in [1.807, 2.05) is 0 Å². The lowest BCUT2D eigenvalue weighted by Gasteiger charge is -2.40. The monoisotopic (exact) mass is 299 g/mol. The lowest BCUT2D eigenvalue weighted by atomic mass is 9.89. The molecule has 0 saturated carbocycles. The van der Waals surface area contributed by atoms with E-state index in [0.29, 0.717) is 6.54 Å². The standard InChI is InChI=1S/C16H33N3O2/c1-5-6-7-13(15(17)21)19-10-8-18(9-11-19)12-14(20)16(2,3)4/h13-14,20H,5-12H2,1-4H3,(H2,17,21). The van der Waals surface area contributed by atoms with Crippen molar-refractivity contribution in [1.29, 1.82) is 0 Å². The average molecular weight is 299 g/mol. The van der Waals surface area contributed by atoms with Crippen LogP contribution in [-0.4, -0.2) is 65.7 Å². The molecule has 0 bridgehead atoms. The number of piperazine rings is 1. The lowest BCUT2D eigenvalue weighted by Crippen LogP contribution is -2.55. The molecular formula is C16H33N3O2. The van der Waals surface area contributed by atoms with E-state index in [9.17, 15) is 9.90 Å². The Morgan fingerprint density at radius 2 is 1.81 bits per heavy atom. The second kappa shape index (κ2) is 8.11. The summed E-state index contributed by atoms with van der Waals surface area (Å²) in [6, 6.07) is -0.125. The highest BCUT2D eigenvalue weighted by molar-refractivity contribution is 5.79. The predicted molar refractivity (Wildman–Crippen MR) is 86.0 cm³/mol. The maximum atomic E-state index is 11.6. The van der Waals surface area contributed by atoms with Crippen LogP contribution < -0.4 is 5.73 Å². The first kappa shape index (κ1) is 18.4. The SMILES string of the molecule is CCCCC(C(N)=O)N1CCN(CC(O)C(C)(C)C)CC1. The van der Waals surface area contributed by atoms with E-state index >= 15 is 0 Å². The van der Waals surface area contributed by atoms with Crippen molar-refractivity contribution in [3.8, 4) is 0 Å². The van der Waals surface area contributed by atoms with E-state index in [4.69, 9.17) is 5.73 Å². The molecule has 3 N–H and O–H groups in total. The minimum Gasteiger partial charge on any atom is -0.391 e. The Morgan fingerprint density at radius 3 is 2.24 bits per heavy atom. The van der Waals surface area contributed by atoms with Gasteiger partial charge in [0.15, 0.2) is 0 Å². The van der Waals surface area contributed by atoms with E-state index in [1.165, 1.54) is 0 Å². The molecule has 0 spiro atoms. The largest absolute Gasteiger partial charge is 0.391 e. The van der Waals surface area contributed by atoms with Crippen molar-refractivity contribution < 1.29 is 9.90 Å². The number of nitrogens with two attached hydrogens (primary N) is 1. The lowest BCUT2D eigenvalue weighted by molar-refractivity contribution is -0.124. The quantitative estimate of drug-likeness (QED) is 0.737.